The van der Waals surface area contributed by atoms with Crippen molar-refractivity contribution in [1.29, 1.82) is 0 Å². The molecule has 0 N–H and O–H groups in total. The lowest BCUT2D eigenvalue weighted by Crippen LogP contribution is -2.35. The predicted octanol–water partition coefficient (Wildman–Crippen LogP) is 3.07. The van der Waals surface area contributed by atoms with E-state index in [-0.39, 0.29) is 24.7 Å². The Hall–Kier alpha value is -0.670. The van der Waals surface area contributed by atoms with Crippen LogP contribution in [0.5, 0.6) is 0 Å². The summed E-state index contributed by atoms with van der Waals surface area (Å²) in [7, 11) is 0. The first-order valence-electron chi connectivity index (χ1n) is 7.15. The highest BCUT2D eigenvalue weighted by atomic mass is 19.3. The molecule has 0 aromatic heterocycles. The number of carbonyl (C=O) groups excluding carboxylic acids is 1. The van der Waals surface area contributed by atoms with Crippen LogP contribution < -0.4 is 0 Å². The molecule has 1 amide bonds. The quantitative estimate of drug-likeness (QED) is 0.744. The van der Waals surface area contributed by atoms with Gasteiger partial charge in [-0.3, -0.25) is 4.79 Å². The van der Waals surface area contributed by atoms with E-state index in [1.54, 1.807) is 0 Å². The molecule has 3 aliphatic rings. The van der Waals surface area contributed by atoms with Crippen LogP contribution in [0.1, 0.15) is 45.4 Å². The smallest absolute Gasteiger partial charge is 0.248 e. The molecule has 3 atom stereocenters. The summed E-state index contributed by atoms with van der Waals surface area (Å²) in [5, 5.41) is 0. The topological polar surface area (TPSA) is 20.3 Å². The number of hydrogen-bond acceptors (Lipinski definition) is 1. The maximum atomic E-state index is 13.0. The number of hydrogen-bond donors (Lipinski definition) is 0. The minimum absolute atomic E-state index is 0.0343. The summed E-state index contributed by atoms with van der Waals surface area (Å²) in [5.41, 5.74) is 0. The number of nitrogens with zero attached hydrogens (tertiary/aromatic N) is 1. The van der Waals surface area contributed by atoms with Gasteiger partial charge < -0.3 is 4.90 Å². The molecule has 0 aromatic rings. The highest BCUT2D eigenvalue weighted by molar-refractivity contribution is 5.77. The molecule has 4 heteroatoms. The third-order valence-electron chi connectivity index (χ3n) is 5.20. The average molecular weight is 257 g/mol. The van der Waals surface area contributed by atoms with Crippen molar-refractivity contribution in [3.63, 3.8) is 0 Å². The summed E-state index contributed by atoms with van der Waals surface area (Å²) >= 11 is 0. The predicted molar refractivity (Wildman–Crippen MR) is 64.3 cm³/mol. The Morgan fingerprint density at radius 2 is 1.94 bits per heavy atom. The van der Waals surface area contributed by atoms with Crippen LogP contribution in [0.25, 0.3) is 0 Å². The molecular formula is C14H21F2NO. The standard InChI is InChI=1S/C14H21F2NO/c1-9-11-4-7-17(13(9)11)12(18)8-10-2-5-14(15,16)6-3-10/h9-11,13H,2-8H2,1H3/t9-,11?,13?/m1/s1. The summed E-state index contributed by atoms with van der Waals surface area (Å²) in [6, 6.07) is 0.475. The molecule has 2 aliphatic carbocycles. The van der Waals surface area contributed by atoms with Crippen molar-refractivity contribution in [2.24, 2.45) is 17.8 Å². The van der Waals surface area contributed by atoms with Crippen LogP contribution >= 0.6 is 0 Å². The first kappa shape index (κ1) is 12.4. The molecule has 1 aliphatic heterocycles. The van der Waals surface area contributed by atoms with Gasteiger partial charge in [0.05, 0.1) is 0 Å². The third-order valence-corrected chi connectivity index (χ3v) is 5.20. The number of alkyl halides is 2. The molecule has 2 nitrogen and oxygen atoms in total. The van der Waals surface area contributed by atoms with Crippen LogP contribution in [0.2, 0.25) is 0 Å². The second-order valence-corrected chi connectivity index (χ2v) is 6.39. The van der Waals surface area contributed by atoms with E-state index >= 15 is 0 Å². The minimum atomic E-state index is -2.48. The summed E-state index contributed by atoms with van der Waals surface area (Å²) in [4.78, 5) is 14.2. The van der Waals surface area contributed by atoms with E-state index < -0.39 is 5.92 Å². The first-order valence-corrected chi connectivity index (χ1v) is 7.15. The molecule has 0 spiro atoms. The van der Waals surface area contributed by atoms with Crippen LogP contribution in [0.4, 0.5) is 8.78 Å². The van der Waals surface area contributed by atoms with Crippen LogP contribution in [0, 0.1) is 17.8 Å². The second-order valence-electron chi connectivity index (χ2n) is 6.39. The largest absolute Gasteiger partial charge is 0.339 e. The second kappa shape index (κ2) is 4.17. The molecule has 3 rings (SSSR count). The van der Waals surface area contributed by atoms with Crippen molar-refractivity contribution in [2.75, 3.05) is 6.54 Å². The monoisotopic (exact) mass is 257 g/mol. The normalized spacial score (nSPS) is 38.6. The maximum Gasteiger partial charge on any atom is 0.248 e. The van der Waals surface area contributed by atoms with Gasteiger partial charge >= 0.3 is 0 Å². The molecule has 3 fully saturated rings. The zero-order chi connectivity index (χ0) is 12.9. The van der Waals surface area contributed by atoms with Gasteiger partial charge in [0.15, 0.2) is 0 Å². The van der Waals surface area contributed by atoms with E-state index in [1.807, 2.05) is 4.90 Å². The molecular weight excluding hydrogens is 236 g/mol. The molecule has 0 bridgehead atoms. The van der Waals surface area contributed by atoms with E-state index in [9.17, 15) is 13.6 Å². The lowest BCUT2D eigenvalue weighted by Gasteiger charge is -2.29. The van der Waals surface area contributed by atoms with Crippen molar-refractivity contribution in [2.45, 2.75) is 57.4 Å². The van der Waals surface area contributed by atoms with Gasteiger partial charge in [-0.2, -0.15) is 0 Å². The minimum Gasteiger partial charge on any atom is -0.339 e. The molecule has 2 unspecified atom stereocenters. The zero-order valence-corrected chi connectivity index (χ0v) is 10.9. The third kappa shape index (κ3) is 2.14. The summed E-state index contributed by atoms with van der Waals surface area (Å²) < 4.78 is 26.1. The van der Waals surface area contributed by atoms with E-state index in [0.29, 0.717) is 31.2 Å². The maximum absolute atomic E-state index is 13.0. The van der Waals surface area contributed by atoms with Gasteiger partial charge in [0.2, 0.25) is 11.8 Å². The fourth-order valence-corrected chi connectivity index (χ4v) is 3.87. The van der Waals surface area contributed by atoms with E-state index in [1.165, 1.54) is 0 Å². The zero-order valence-electron chi connectivity index (χ0n) is 10.9. The van der Waals surface area contributed by atoms with Crippen LogP contribution in [0.15, 0.2) is 0 Å². The average Bonchev–Trinajstić information content (AvgIpc) is 2.77. The summed E-state index contributed by atoms with van der Waals surface area (Å²) in [6.07, 6.45) is 2.58. The van der Waals surface area contributed by atoms with Crippen molar-refractivity contribution >= 4 is 5.91 Å². The van der Waals surface area contributed by atoms with Crippen molar-refractivity contribution in [1.82, 2.24) is 4.90 Å². The number of amides is 1. The Morgan fingerprint density at radius 1 is 1.28 bits per heavy atom. The Kier molecular flexibility index (Phi) is 2.87. The molecule has 1 heterocycles. The first-order chi connectivity index (χ1) is 8.48. The number of carbonyl (C=O) groups is 1. The van der Waals surface area contributed by atoms with Gasteiger partial charge in [-0.1, -0.05) is 6.92 Å². The van der Waals surface area contributed by atoms with Crippen LogP contribution in [-0.2, 0) is 4.79 Å². The Bertz CT molecular complexity index is 348. The molecule has 1 saturated heterocycles. The van der Waals surface area contributed by atoms with E-state index in [0.717, 1.165) is 18.9 Å². The lowest BCUT2D eigenvalue weighted by atomic mass is 9.84. The highest BCUT2D eigenvalue weighted by Gasteiger charge is 2.55. The van der Waals surface area contributed by atoms with Crippen LogP contribution in [0.3, 0.4) is 0 Å². The molecule has 2 saturated carbocycles. The number of halogens is 2. The van der Waals surface area contributed by atoms with Gasteiger partial charge in [0.1, 0.15) is 0 Å². The molecule has 0 radical (unpaired) electrons. The summed E-state index contributed by atoms with van der Waals surface area (Å²) in [5.74, 6) is -0.696. The number of piperidine rings is 1. The van der Waals surface area contributed by atoms with Gasteiger partial charge in [-0.15, -0.1) is 0 Å². The van der Waals surface area contributed by atoms with Crippen molar-refractivity contribution in [3.05, 3.63) is 0 Å². The fraction of sp³-hybridized carbons (Fsp3) is 0.929. The fourth-order valence-electron chi connectivity index (χ4n) is 3.87. The van der Waals surface area contributed by atoms with Gasteiger partial charge in [-0.05, 0) is 37.0 Å². The molecule has 0 aromatic carbocycles. The van der Waals surface area contributed by atoms with Gasteiger partial charge in [0, 0.05) is 31.8 Å². The van der Waals surface area contributed by atoms with Crippen molar-refractivity contribution in [3.8, 4) is 0 Å². The Balaban J connectivity index is 1.50. The number of likely N-dealkylation sites (tertiary alicyclic amines) is 1. The Labute approximate surface area is 107 Å². The van der Waals surface area contributed by atoms with Crippen LogP contribution in [-0.4, -0.2) is 29.3 Å². The summed E-state index contributed by atoms with van der Waals surface area (Å²) in [6.45, 7) is 3.09. The molecule has 18 heavy (non-hydrogen) atoms. The van der Waals surface area contributed by atoms with Gasteiger partial charge in [-0.25, -0.2) is 8.78 Å². The number of fused-ring (bicyclic) bond motifs is 1. The highest BCUT2D eigenvalue weighted by Crippen LogP contribution is 2.50. The number of rotatable bonds is 2. The van der Waals surface area contributed by atoms with E-state index in [4.69, 9.17) is 0 Å². The Morgan fingerprint density at radius 3 is 2.50 bits per heavy atom. The SMILES string of the molecule is C[C@@H]1C2CCN(C(=O)CC3CCC(F)(F)CC3)C21. The lowest BCUT2D eigenvalue weighted by molar-refractivity contribution is -0.133. The molecule has 102 valence electrons. The van der Waals surface area contributed by atoms with E-state index in [2.05, 4.69) is 6.92 Å². The van der Waals surface area contributed by atoms with Gasteiger partial charge in [0.25, 0.3) is 0 Å². The van der Waals surface area contributed by atoms with Crippen molar-refractivity contribution < 1.29 is 13.6 Å².